The van der Waals surface area contributed by atoms with Crippen molar-refractivity contribution in [3.8, 4) is 5.75 Å². The summed E-state index contributed by atoms with van der Waals surface area (Å²) in [4.78, 5) is 0. The van der Waals surface area contributed by atoms with E-state index < -0.39 is 0 Å². The molecule has 2 aromatic rings. The number of para-hydroxylation sites is 1. The summed E-state index contributed by atoms with van der Waals surface area (Å²) in [5.74, 6) is 0.944. The largest absolute Gasteiger partial charge is 0.494 e. The molecule has 0 aliphatic rings. The minimum absolute atomic E-state index is 0.370. The Morgan fingerprint density at radius 1 is 1.24 bits per heavy atom. The molecule has 0 radical (unpaired) electrons. The number of nitrogens with zero attached hydrogens (tertiary/aromatic N) is 2. The zero-order valence-corrected chi connectivity index (χ0v) is 13.6. The maximum absolute atomic E-state index is 5.67. The second-order valence-corrected chi connectivity index (χ2v) is 5.48. The molecule has 1 aromatic heterocycles. The van der Waals surface area contributed by atoms with E-state index in [0.717, 1.165) is 29.2 Å². The van der Waals surface area contributed by atoms with Crippen molar-refractivity contribution in [2.24, 2.45) is 0 Å². The van der Waals surface area contributed by atoms with Crippen molar-refractivity contribution >= 4 is 5.69 Å². The lowest BCUT2D eigenvalue weighted by Gasteiger charge is -2.12. The van der Waals surface area contributed by atoms with E-state index in [-0.39, 0.29) is 0 Å². The number of benzene rings is 1. The lowest BCUT2D eigenvalue weighted by molar-refractivity contribution is 0.337. The summed E-state index contributed by atoms with van der Waals surface area (Å²) >= 11 is 0. The van der Waals surface area contributed by atoms with Gasteiger partial charge in [0.2, 0.25) is 0 Å². The average Bonchev–Trinajstić information content (AvgIpc) is 2.74. The molecule has 114 valence electrons. The molecule has 0 aliphatic carbocycles. The Kier molecular flexibility index (Phi) is 4.89. The zero-order chi connectivity index (χ0) is 15.4. The first-order valence-electron chi connectivity index (χ1n) is 7.54. The first-order chi connectivity index (χ1) is 10.0. The third-order valence-electron chi connectivity index (χ3n) is 3.54. The molecular weight excluding hydrogens is 262 g/mol. The van der Waals surface area contributed by atoms with Crippen LogP contribution in [0.2, 0.25) is 0 Å². The molecule has 0 aliphatic heterocycles. The van der Waals surface area contributed by atoms with Crippen molar-refractivity contribution in [2.75, 3.05) is 11.9 Å². The van der Waals surface area contributed by atoms with Gasteiger partial charge in [0.15, 0.2) is 0 Å². The molecule has 1 N–H and O–H groups in total. The Morgan fingerprint density at radius 3 is 2.57 bits per heavy atom. The molecule has 1 aromatic carbocycles. The maximum atomic E-state index is 5.67. The van der Waals surface area contributed by atoms with E-state index in [9.17, 15) is 0 Å². The van der Waals surface area contributed by atoms with E-state index in [4.69, 9.17) is 4.74 Å². The minimum Gasteiger partial charge on any atom is -0.494 e. The highest BCUT2D eigenvalue weighted by Crippen LogP contribution is 2.25. The van der Waals surface area contributed by atoms with Crippen molar-refractivity contribution in [1.29, 1.82) is 0 Å². The van der Waals surface area contributed by atoms with E-state index >= 15 is 0 Å². The van der Waals surface area contributed by atoms with Gasteiger partial charge in [-0.1, -0.05) is 18.2 Å². The van der Waals surface area contributed by atoms with Gasteiger partial charge in [0, 0.05) is 18.2 Å². The predicted molar refractivity (Wildman–Crippen MR) is 87.0 cm³/mol. The second kappa shape index (κ2) is 6.66. The fourth-order valence-corrected chi connectivity index (χ4v) is 2.55. The molecule has 21 heavy (non-hydrogen) atoms. The molecule has 0 spiro atoms. The number of aromatic nitrogens is 2. The molecule has 4 heteroatoms. The summed E-state index contributed by atoms with van der Waals surface area (Å²) in [6.07, 6.45) is 0. The van der Waals surface area contributed by atoms with Crippen LogP contribution in [-0.2, 0) is 6.54 Å². The van der Waals surface area contributed by atoms with Gasteiger partial charge in [-0.3, -0.25) is 4.68 Å². The highest BCUT2D eigenvalue weighted by molar-refractivity contribution is 5.53. The van der Waals surface area contributed by atoms with Crippen LogP contribution in [0.15, 0.2) is 24.3 Å². The zero-order valence-electron chi connectivity index (χ0n) is 13.6. The lowest BCUT2D eigenvalue weighted by atomic mass is 10.2. The Bertz CT molecular complexity index is 602. The van der Waals surface area contributed by atoms with Crippen LogP contribution >= 0.6 is 0 Å². The van der Waals surface area contributed by atoms with Crippen LogP contribution in [0, 0.1) is 13.8 Å². The molecule has 0 fully saturated rings. The van der Waals surface area contributed by atoms with E-state index in [1.54, 1.807) is 0 Å². The van der Waals surface area contributed by atoms with Gasteiger partial charge in [0.05, 0.1) is 23.7 Å². The predicted octanol–water partition coefficient (Wildman–Crippen LogP) is 4.09. The standard InChI is InChI=1S/C17H25N3O/c1-6-21-16-10-8-7-9-15(16)11-18-17-13(4)19-20(12(2)3)14(17)5/h7-10,12,18H,6,11H2,1-5H3. The maximum Gasteiger partial charge on any atom is 0.124 e. The molecular formula is C17H25N3O. The van der Waals surface area contributed by atoms with Crippen LogP contribution < -0.4 is 10.1 Å². The van der Waals surface area contributed by atoms with Crippen molar-refractivity contribution in [3.63, 3.8) is 0 Å². The van der Waals surface area contributed by atoms with Crippen molar-refractivity contribution < 1.29 is 4.74 Å². The van der Waals surface area contributed by atoms with E-state index in [1.807, 2.05) is 32.0 Å². The second-order valence-electron chi connectivity index (χ2n) is 5.48. The Hall–Kier alpha value is -1.97. The fraction of sp³-hybridized carbons (Fsp3) is 0.471. The Balaban J connectivity index is 2.17. The topological polar surface area (TPSA) is 39.1 Å². The number of nitrogens with one attached hydrogen (secondary N) is 1. The van der Waals surface area contributed by atoms with E-state index in [1.165, 1.54) is 5.69 Å². The number of hydrogen-bond donors (Lipinski definition) is 1. The molecule has 0 unspecified atom stereocenters. The van der Waals surface area contributed by atoms with Gasteiger partial charge in [-0.15, -0.1) is 0 Å². The van der Waals surface area contributed by atoms with Crippen LogP contribution in [0.3, 0.4) is 0 Å². The smallest absolute Gasteiger partial charge is 0.124 e. The molecule has 0 saturated heterocycles. The number of rotatable bonds is 6. The third kappa shape index (κ3) is 3.38. The van der Waals surface area contributed by atoms with Crippen LogP contribution in [0.25, 0.3) is 0 Å². The molecule has 0 bridgehead atoms. The molecule has 0 amide bonds. The number of hydrogen-bond acceptors (Lipinski definition) is 3. The van der Waals surface area contributed by atoms with Crippen LogP contribution in [0.1, 0.15) is 43.8 Å². The first kappa shape index (κ1) is 15.4. The third-order valence-corrected chi connectivity index (χ3v) is 3.54. The fourth-order valence-electron chi connectivity index (χ4n) is 2.55. The molecule has 4 nitrogen and oxygen atoms in total. The quantitative estimate of drug-likeness (QED) is 0.869. The van der Waals surface area contributed by atoms with Crippen molar-refractivity contribution in [2.45, 2.75) is 47.2 Å². The summed E-state index contributed by atoms with van der Waals surface area (Å²) in [5.41, 5.74) is 4.50. The molecule has 2 rings (SSSR count). The van der Waals surface area contributed by atoms with Crippen LogP contribution in [0.4, 0.5) is 5.69 Å². The Labute approximate surface area is 127 Å². The summed E-state index contributed by atoms with van der Waals surface area (Å²) in [5, 5.41) is 8.11. The molecule has 0 atom stereocenters. The number of ether oxygens (including phenoxy) is 1. The average molecular weight is 287 g/mol. The first-order valence-corrected chi connectivity index (χ1v) is 7.54. The van der Waals surface area contributed by atoms with Gasteiger partial charge in [0.25, 0.3) is 0 Å². The number of aryl methyl sites for hydroxylation is 1. The monoisotopic (exact) mass is 287 g/mol. The SMILES string of the molecule is CCOc1ccccc1CNc1c(C)nn(C(C)C)c1C. The van der Waals surface area contributed by atoms with Crippen LogP contribution in [-0.4, -0.2) is 16.4 Å². The van der Waals surface area contributed by atoms with Gasteiger partial charge >= 0.3 is 0 Å². The highest BCUT2D eigenvalue weighted by Gasteiger charge is 2.13. The Morgan fingerprint density at radius 2 is 1.95 bits per heavy atom. The minimum atomic E-state index is 0.370. The van der Waals surface area contributed by atoms with E-state index in [0.29, 0.717) is 12.6 Å². The number of anilines is 1. The van der Waals surface area contributed by atoms with E-state index in [2.05, 4.69) is 41.9 Å². The normalized spacial score (nSPS) is 11.0. The van der Waals surface area contributed by atoms with Gasteiger partial charge in [-0.05, 0) is 40.7 Å². The molecule has 0 saturated carbocycles. The molecule has 1 heterocycles. The highest BCUT2D eigenvalue weighted by atomic mass is 16.5. The van der Waals surface area contributed by atoms with Crippen molar-refractivity contribution in [3.05, 3.63) is 41.2 Å². The van der Waals surface area contributed by atoms with Gasteiger partial charge in [-0.25, -0.2) is 0 Å². The van der Waals surface area contributed by atoms with Crippen LogP contribution in [0.5, 0.6) is 5.75 Å². The summed E-state index contributed by atoms with van der Waals surface area (Å²) in [6.45, 7) is 11.9. The van der Waals surface area contributed by atoms with Gasteiger partial charge < -0.3 is 10.1 Å². The van der Waals surface area contributed by atoms with Gasteiger partial charge in [0.1, 0.15) is 5.75 Å². The summed E-state index contributed by atoms with van der Waals surface area (Å²) in [6, 6.07) is 8.52. The van der Waals surface area contributed by atoms with Gasteiger partial charge in [-0.2, -0.15) is 5.10 Å². The summed E-state index contributed by atoms with van der Waals surface area (Å²) < 4.78 is 7.73. The summed E-state index contributed by atoms with van der Waals surface area (Å²) in [7, 11) is 0. The van der Waals surface area contributed by atoms with Crippen molar-refractivity contribution in [1.82, 2.24) is 9.78 Å². The lowest BCUT2D eigenvalue weighted by Crippen LogP contribution is -2.06.